The van der Waals surface area contributed by atoms with Crippen molar-refractivity contribution in [2.75, 3.05) is 18.4 Å². The number of aromatic nitrogens is 4. The number of aryl methyl sites for hydroxylation is 1. The number of pyridine rings is 1. The lowest BCUT2D eigenvalue weighted by Gasteiger charge is -2.26. The van der Waals surface area contributed by atoms with Crippen molar-refractivity contribution >= 4 is 11.6 Å². The lowest BCUT2D eigenvalue weighted by molar-refractivity contribution is 0.102. The molecule has 2 aromatic rings. The molecule has 19 heavy (non-hydrogen) atoms. The van der Waals surface area contributed by atoms with Crippen molar-refractivity contribution in [2.45, 2.75) is 13.0 Å². The lowest BCUT2D eigenvalue weighted by atomic mass is 10.2. The molecule has 1 fully saturated rings. The third-order valence-electron chi connectivity index (χ3n) is 3.13. The van der Waals surface area contributed by atoms with Gasteiger partial charge in [-0.15, -0.1) is 5.10 Å². The number of amides is 1. The average Bonchev–Trinajstić information content (AvgIpc) is 2.79. The molecule has 0 bridgehead atoms. The van der Waals surface area contributed by atoms with Crippen LogP contribution >= 0.6 is 0 Å². The second kappa shape index (κ2) is 4.77. The van der Waals surface area contributed by atoms with Gasteiger partial charge in [-0.05, 0) is 19.1 Å². The van der Waals surface area contributed by atoms with Crippen LogP contribution in [0.5, 0.6) is 0 Å². The smallest absolute Gasteiger partial charge is 0.277 e. The van der Waals surface area contributed by atoms with Crippen molar-refractivity contribution in [1.82, 2.24) is 25.3 Å². The highest BCUT2D eigenvalue weighted by Gasteiger charge is 2.21. The Bertz CT molecular complexity index is 604. The minimum absolute atomic E-state index is 0.269. The standard InChI is InChI=1S/C12H14N6O/c1-8-10(3-2-4-14-8)15-12(19)11-7-18(17-16-11)9-5-13-6-9/h2-4,7,9,13H,5-6H2,1H3,(H,15,19). The fourth-order valence-electron chi connectivity index (χ4n) is 1.82. The maximum atomic E-state index is 12.0. The molecular weight excluding hydrogens is 244 g/mol. The van der Waals surface area contributed by atoms with Gasteiger partial charge in [-0.3, -0.25) is 9.78 Å². The number of nitrogens with zero attached hydrogens (tertiary/aromatic N) is 4. The number of rotatable bonds is 3. The van der Waals surface area contributed by atoms with Crippen molar-refractivity contribution < 1.29 is 4.79 Å². The molecule has 0 atom stereocenters. The van der Waals surface area contributed by atoms with E-state index in [1.165, 1.54) is 0 Å². The first kappa shape index (κ1) is 11.8. The zero-order valence-electron chi connectivity index (χ0n) is 10.5. The molecule has 1 amide bonds. The Morgan fingerprint density at radius 3 is 3.05 bits per heavy atom. The van der Waals surface area contributed by atoms with Crippen LogP contribution in [0.3, 0.4) is 0 Å². The molecule has 0 radical (unpaired) electrons. The summed E-state index contributed by atoms with van der Waals surface area (Å²) < 4.78 is 1.72. The molecule has 7 nitrogen and oxygen atoms in total. The molecule has 1 aliphatic rings. The first-order valence-corrected chi connectivity index (χ1v) is 6.09. The van der Waals surface area contributed by atoms with Crippen LogP contribution in [0.4, 0.5) is 5.69 Å². The van der Waals surface area contributed by atoms with Crippen LogP contribution in [0.1, 0.15) is 22.2 Å². The van der Waals surface area contributed by atoms with E-state index in [0.717, 1.165) is 18.8 Å². The van der Waals surface area contributed by atoms with Gasteiger partial charge in [0, 0.05) is 19.3 Å². The Labute approximate surface area is 110 Å². The third kappa shape index (κ3) is 2.32. The minimum atomic E-state index is -0.269. The summed E-state index contributed by atoms with van der Waals surface area (Å²) in [6.45, 7) is 3.57. The van der Waals surface area contributed by atoms with Crippen LogP contribution in [-0.4, -0.2) is 39.0 Å². The minimum Gasteiger partial charge on any atom is -0.319 e. The number of carbonyl (C=O) groups excluding carboxylic acids is 1. The highest BCUT2D eigenvalue weighted by Crippen LogP contribution is 2.13. The van der Waals surface area contributed by atoms with E-state index in [1.807, 2.05) is 6.92 Å². The zero-order chi connectivity index (χ0) is 13.2. The number of hydrogen-bond acceptors (Lipinski definition) is 5. The Morgan fingerprint density at radius 1 is 1.53 bits per heavy atom. The van der Waals surface area contributed by atoms with Gasteiger partial charge in [0.15, 0.2) is 5.69 Å². The van der Waals surface area contributed by atoms with Gasteiger partial charge in [0.2, 0.25) is 0 Å². The normalized spacial score (nSPS) is 15.0. The Morgan fingerprint density at radius 2 is 2.37 bits per heavy atom. The maximum absolute atomic E-state index is 12.0. The topological polar surface area (TPSA) is 84.7 Å². The quantitative estimate of drug-likeness (QED) is 0.831. The van der Waals surface area contributed by atoms with E-state index < -0.39 is 0 Å². The molecule has 3 rings (SSSR count). The number of anilines is 1. The van der Waals surface area contributed by atoms with Gasteiger partial charge < -0.3 is 10.6 Å². The molecule has 3 heterocycles. The van der Waals surface area contributed by atoms with E-state index >= 15 is 0 Å². The summed E-state index contributed by atoms with van der Waals surface area (Å²) in [5.41, 5.74) is 1.77. The van der Waals surface area contributed by atoms with Gasteiger partial charge in [0.1, 0.15) is 0 Å². The van der Waals surface area contributed by atoms with Crippen molar-refractivity contribution in [2.24, 2.45) is 0 Å². The monoisotopic (exact) mass is 258 g/mol. The average molecular weight is 258 g/mol. The SMILES string of the molecule is Cc1ncccc1NC(=O)c1cn(C2CNC2)nn1. The number of nitrogens with one attached hydrogen (secondary N) is 2. The van der Waals surface area contributed by atoms with E-state index in [9.17, 15) is 4.79 Å². The molecule has 2 aromatic heterocycles. The molecule has 0 saturated carbocycles. The predicted octanol–water partition coefficient (Wildman–Crippen LogP) is 0.378. The van der Waals surface area contributed by atoms with Crippen molar-refractivity contribution in [1.29, 1.82) is 0 Å². The summed E-state index contributed by atoms with van der Waals surface area (Å²) in [4.78, 5) is 16.2. The highest BCUT2D eigenvalue weighted by atomic mass is 16.2. The molecule has 98 valence electrons. The molecule has 0 unspecified atom stereocenters. The molecular formula is C12H14N6O. The number of hydrogen-bond donors (Lipinski definition) is 2. The Balaban J connectivity index is 1.73. The van der Waals surface area contributed by atoms with E-state index in [2.05, 4.69) is 25.9 Å². The fourth-order valence-corrected chi connectivity index (χ4v) is 1.82. The van der Waals surface area contributed by atoms with E-state index in [1.54, 1.807) is 29.2 Å². The summed E-state index contributed by atoms with van der Waals surface area (Å²) in [6.07, 6.45) is 3.36. The second-order valence-electron chi connectivity index (χ2n) is 4.49. The van der Waals surface area contributed by atoms with Crippen molar-refractivity contribution in [3.63, 3.8) is 0 Å². The maximum Gasteiger partial charge on any atom is 0.277 e. The fraction of sp³-hybridized carbons (Fsp3) is 0.333. The van der Waals surface area contributed by atoms with E-state index in [4.69, 9.17) is 0 Å². The van der Waals surface area contributed by atoms with E-state index in [0.29, 0.717) is 17.4 Å². The summed E-state index contributed by atoms with van der Waals surface area (Å²) >= 11 is 0. The van der Waals surface area contributed by atoms with Gasteiger partial charge in [-0.25, -0.2) is 4.68 Å². The lowest BCUT2D eigenvalue weighted by Crippen LogP contribution is -2.43. The summed E-state index contributed by atoms with van der Waals surface area (Å²) in [7, 11) is 0. The van der Waals surface area contributed by atoms with Gasteiger partial charge in [-0.2, -0.15) is 0 Å². The van der Waals surface area contributed by atoms with Crippen LogP contribution in [0, 0.1) is 6.92 Å². The van der Waals surface area contributed by atoms with Crippen LogP contribution in [0.25, 0.3) is 0 Å². The Kier molecular flexibility index (Phi) is 2.96. The molecule has 7 heteroatoms. The van der Waals surface area contributed by atoms with Gasteiger partial charge in [0.05, 0.1) is 23.6 Å². The second-order valence-corrected chi connectivity index (χ2v) is 4.49. The molecule has 2 N–H and O–H groups in total. The van der Waals surface area contributed by atoms with Crippen LogP contribution in [0.2, 0.25) is 0 Å². The van der Waals surface area contributed by atoms with Gasteiger partial charge >= 0.3 is 0 Å². The highest BCUT2D eigenvalue weighted by molar-refractivity contribution is 6.02. The zero-order valence-corrected chi connectivity index (χ0v) is 10.5. The number of carbonyl (C=O) groups is 1. The largest absolute Gasteiger partial charge is 0.319 e. The van der Waals surface area contributed by atoms with E-state index in [-0.39, 0.29) is 5.91 Å². The summed E-state index contributed by atoms with van der Waals surface area (Å²) in [5, 5.41) is 13.8. The van der Waals surface area contributed by atoms with Gasteiger partial charge in [0.25, 0.3) is 5.91 Å². The first-order valence-electron chi connectivity index (χ1n) is 6.09. The van der Waals surface area contributed by atoms with Crippen LogP contribution in [0.15, 0.2) is 24.5 Å². The van der Waals surface area contributed by atoms with Crippen molar-refractivity contribution in [3.05, 3.63) is 35.9 Å². The van der Waals surface area contributed by atoms with Crippen molar-refractivity contribution in [3.8, 4) is 0 Å². The molecule has 1 aliphatic heterocycles. The Hall–Kier alpha value is -2.28. The van der Waals surface area contributed by atoms with Crippen LogP contribution in [-0.2, 0) is 0 Å². The molecule has 1 saturated heterocycles. The van der Waals surface area contributed by atoms with Gasteiger partial charge in [-0.1, -0.05) is 5.21 Å². The predicted molar refractivity (Wildman–Crippen MR) is 68.9 cm³/mol. The first-order chi connectivity index (χ1) is 9.24. The van der Waals surface area contributed by atoms with Crippen LogP contribution < -0.4 is 10.6 Å². The summed E-state index contributed by atoms with van der Waals surface area (Å²) in [5.74, 6) is -0.269. The summed E-state index contributed by atoms with van der Waals surface area (Å²) in [6, 6.07) is 3.88. The molecule has 0 spiro atoms. The molecule has 0 aromatic carbocycles. The molecule has 0 aliphatic carbocycles. The third-order valence-corrected chi connectivity index (χ3v) is 3.13.